The monoisotopic (exact) mass is 339 g/mol. The molecule has 2 N–H and O–H groups in total. The second kappa shape index (κ2) is 6.24. The Labute approximate surface area is 125 Å². The van der Waals surface area contributed by atoms with Crippen LogP contribution in [0.15, 0.2) is 40.9 Å². The van der Waals surface area contributed by atoms with Crippen LogP contribution in [0.5, 0.6) is 11.5 Å². The molecule has 2 aromatic rings. The van der Waals surface area contributed by atoms with E-state index in [0.717, 1.165) is 10.0 Å². The van der Waals surface area contributed by atoms with Crippen LogP contribution in [-0.4, -0.2) is 14.2 Å². The van der Waals surface area contributed by atoms with E-state index in [9.17, 15) is 4.39 Å². The minimum Gasteiger partial charge on any atom is -0.493 e. The van der Waals surface area contributed by atoms with Gasteiger partial charge in [0.15, 0.2) is 11.5 Å². The van der Waals surface area contributed by atoms with E-state index in [1.165, 1.54) is 6.07 Å². The number of benzene rings is 2. The van der Waals surface area contributed by atoms with Crippen LogP contribution in [0.25, 0.3) is 0 Å². The summed E-state index contributed by atoms with van der Waals surface area (Å²) in [7, 11) is 3.10. The van der Waals surface area contributed by atoms with E-state index in [1.807, 2.05) is 0 Å². The van der Waals surface area contributed by atoms with Crippen LogP contribution in [0.2, 0.25) is 0 Å². The van der Waals surface area contributed by atoms with Crippen molar-refractivity contribution in [1.29, 1.82) is 0 Å². The zero-order valence-electron chi connectivity index (χ0n) is 11.2. The van der Waals surface area contributed by atoms with Crippen molar-refractivity contribution in [2.75, 3.05) is 14.2 Å². The first-order valence-electron chi connectivity index (χ1n) is 6.00. The highest BCUT2D eigenvalue weighted by Gasteiger charge is 2.18. The van der Waals surface area contributed by atoms with Crippen LogP contribution < -0.4 is 15.2 Å². The molecule has 0 aliphatic rings. The topological polar surface area (TPSA) is 44.5 Å². The highest BCUT2D eigenvalue weighted by Crippen LogP contribution is 2.37. The summed E-state index contributed by atoms with van der Waals surface area (Å²) in [5, 5.41) is 0. The average molecular weight is 340 g/mol. The van der Waals surface area contributed by atoms with E-state index >= 15 is 0 Å². The molecule has 5 heteroatoms. The lowest BCUT2D eigenvalue weighted by Gasteiger charge is -2.18. The van der Waals surface area contributed by atoms with Gasteiger partial charge in [0.1, 0.15) is 5.82 Å². The largest absolute Gasteiger partial charge is 0.493 e. The molecule has 106 valence electrons. The summed E-state index contributed by atoms with van der Waals surface area (Å²) in [4.78, 5) is 0. The van der Waals surface area contributed by atoms with Crippen molar-refractivity contribution < 1.29 is 13.9 Å². The third kappa shape index (κ3) is 2.78. The Morgan fingerprint density at radius 2 is 1.65 bits per heavy atom. The molecule has 2 rings (SSSR count). The first-order valence-corrected chi connectivity index (χ1v) is 6.79. The van der Waals surface area contributed by atoms with Gasteiger partial charge in [-0.2, -0.15) is 0 Å². The van der Waals surface area contributed by atoms with Gasteiger partial charge in [-0.15, -0.1) is 0 Å². The normalized spacial score (nSPS) is 12.1. The first-order chi connectivity index (χ1) is 9.58. The predicted molar refractivity (Wildman–Crippen MR) is 79.7 cm³/mol. The highest BCUT2D eigenvalue weighted by atomic mass is 79.9. The molecule has 0 saturated heterocycles. The Kier molecular flexibility index (Phi) is 4.62. The molecule has 0 bridgehead atoms. The summed E-state index contributed by atoms with van der Waals surface area (Å²) >= 11 is 3.44. The number of nitrogens with two attached hydrogens (primary N) is 1. The minimum absolute atomic E-state index is 0.332. The fraction of sp³-hybridized carbons (Fsp3) is 0.200. The molecular formula is C15H15BrFNO2. The first kappa shape index (κ1) is 14.8. The van der Waals surface area contributed by atoms with Gasteiger partial charge in [0.25, 0.3) is 0 Å². The van der Waals surface area contributed by atoms with Crippen molar-refractivity contribution >= 4 is 15.9 Å². The predicted octanol–water partition coefficient (Wildman–Crippen LogP) is 3.65. The summed E-state index contributed by atoms with van der Waals surface area (Å²) in [6, 6.07) is 9.37. The summed E-state index contributed by atoms with van der Waals surface area (Å²) in [6.45, 7) is 0. The quantitative estimate of drug-likeness (QED) is 0.924. The Morgan fingerprint density at radius 3 is 2.25 bits per heavy atom. The molecule has 1 unspecified atom stereocenters. The zero-order chi connectivity index (χ0) is 14.7. The van der Waals surface area contributed by atoms with Crippen LogP contribution in [-0.2, 0) is 0 Å². The maximum absolute atomic E-state index is 13.8. The Balaban J connectivity index is 2.50. The molecule has 0 saturated carbocycles. The van der Waals surface area contributed by atoms with Crippen molar-refractivity contribution in [3.05, 3.63) is 57.8 Å². The van der Waals surface area contributed by atoms with Crippen LogP contribution in [0.3, 0.4) is 0 Å². The average Bonchev–Trinajstić information content (AvgIpc) is 2.46. The number of halogens is 2. The number of hydrogen-bond acceptors (Lipinski definition) is 3. The molecular weight excluding hydrogens is 325 g/mol. The van der Waals surface area contributed by atoms with Crippen molar-refractivity contribution in [2.24, 2.45) is 5.73 Å². The van der Waals surface area contributed by atoms with E-state index in [4.69, 9.17) is 15.2 Å². The molecule has 0 fully saturated rings. The summed E-state index contributed by atoms with van der Waals surface area (Å²) in [6.07, 6.45) is 0. The Hall–Kier alpha value is -1.59. The lowest BCUT2D eigenvalue weighted by Crippen LogP contribution is -2.14. The van der Waals surface area contributed by atoms with Crippen molar-refractivity contribution in [2.45, 2.75) is 6.04 Å². The van der Waals surface area contributed by atoms with Gasteiger partial charge >= 0.3 is 0 Å². The molecule has 2 aromatic carbocycles. The van der Waals surface area contributed by atoms with Crippen LogP contribution in [0, 0.1) is 5.82 Å². The number of hydrogen-bond donors (Lipinski definition) is 1. The van der Waals surface area contributed by atoms with Crippen LogP contribution in [0.4, 0.5) is 4.39 Å². The van der Waals surface area contributed by atoms with Crippen molar-refractivity contribution in [3.63, 3.8) is 0 Å². The maximum atomic E-state index is 13.8. The second-order valence-corrected chi connectivity index (χ2v) is 5.08. The van der Waals surface area contributed by atoms with Gasteiger partial charge in [0.05, 0.1) is 20.3 Å². The molecule has 0 heterocycles. The third-order valence-corrected chi connectivity index (χ3v) is 3.76. The van der Waals surface area contributed by atoms with Crippen molar-refractivity contribution in [3.8, 4) is 11.5 Å². The van der Waals surface area contributed by atoms with Gasteiger partial charge in [0, 0.05) is 10.0 Å². The lowest BCUT2D eigenvalue weighted by molar-refractivity contribution is 0.354. The molecule has 0 aliphatic carbocycles. The number of rotatable bonds is 4. The van der Waals surface area contributed by atoms with E-state index in [1.54, 1.807) is 44.6 Å². The standard InChI is InChI=1S/C15H15BrFNO2/c1-19-13-7-10(11(16)8-14(13)20-2)15(18)9-5-3-4-6-12(9)17/h3-8,15H,18H2,1-2H3. The van der Waals surface area contributed by atoms with Gasteiger partial charge in [0.2, 0.25) is 0 Å². The van der Waals surface area contributed by atoms with Gasteiger partial charge in [-0.1, -0.05) is 34.1 Å². The number of methoxy groups -OCH3 is 2. The van der Waals surface area contributed by atoms with Gasteiger partial charge in [-0.05, 0) is 23.8 Å². The molecule has 0 aromatic heterocycles. The number of ether oxygens (including phenoxy) is 2. The Bertz CT molecular complexity index is 619. The summed E-state index contributed by atoms with van der Waals surface area (Å²) in [5.41, 5.74) is 7.33. The SMILES string of the molecule is COc1cc(Br)c(C(N)c2ccccc2F)cc1OC. The van der Waals surface area contributed by atoms with E-state index in [0.29, 0.717) is 17.1 Å². The van der Waals surface area contributed by atoms with E-state index in [-0.39, 0.29) is 5.82 Å². The molecule has 0 amide bonds. The fourth-order valence-corrected chi connectivity index (χ4v) is 2.57. The lowest BCUT2D eigenvalue weighted by atomic mass is 9.98. The van der Waals surface area contributed by atoms with Gasteiger partial charge < -0.3 is 15.2 Å². The molecule has 3 nitrogen and oxygen atoms in total. The summed E-state index contributed by atoms with van der Waals surface area (Å²) < 4.78 is 25.0. The van der Waals surface area contributed by atoms with Gasteiger partial charge in [-0.3, -0.25) is 0 Å². The van der Waals surface area contributed by atoms with Gasteiger partial charge in [-0.25, -0.2) is 4.39 Å². The summed E-state index contributed by atoms with van der Waals surface area (Å²) in [5.74, 6) is 0.808. The molecule has 0 radical (unpaired) electrons. The molecule has 20 heavy (non-hydrogen) atoms. The van der Waals surface area contributed by atoms with Crippen LogP contribution >= 0.6 is 15.9 Å². The van der Waals surface area contributed by atoms with E-state index in [2.05, 4.69) is 15.9 Å². The van der Waals surface area contributed by atoms with Crippen LogP contribution in [0.1, 0.15) is 17.2 Å². The zero-order valence-corrected chi connectivity index (χ0v) is 12.8. The fourth-order valence-electron chi connectivity index (χ4n) is 2.00. The van der Waals surface area contributed by atoms with E-state index < -0.39 is 6.04 Å². The second-order valence-electron chi connectivity index (χ2n) is 4.23. The maximum Gasteiger partial charge on any atom is 0.161 e. The molecule has 0 spiro atoms. The highest BCUT2D eigenvalue weighted by molar-refractivity contribution is 9.10. The smallest absolute Gasteiger partial charge is 0.161 e. The third-order valence-electron chi connectivity index (χ3n) is 3.08. The molecule has 0 aliphatic heterocycles. The Morgan fingerprint density at radius 1 is 1.05 bits per heavy atom. The molecule has 1 atom stereocenters. The minimum atomic E-state index is -0.592. The van der Waals surface area contributed by atoms with Crippen molar-refractivity contribution in [1.82, 2.24) is 0 Å².